The molecule has 5 nitrogen and oxygen atoms in total. The summed E-state index contributed by atoms with van der Waals surface area (Å²) in [6, 6.07) is 15.5. The van der Waals surface area contributed by atoms with E-state index in [-0.39, 0.29) is 28.9 Å². The van der Waals surface area contributed by atoms with E-state index in [4.69, 9.17) is 16.0 Å². The molecule has 1 aliphatic heterocycles. The molecule has 0 saturated carbocycles. The maximum absolute atomic E-state index is 14.5. The lowest BCUT2D eigenvalue weighted by molar-refractivity contribution is -0.122. The van der Waals surface area contributed by atoms with Gasteiger partial charge in [-0.1, -0.05) is 23.7 Å². The van der Waals surface area contributed by atoms with Crippen molar-refractivity contribution in [3.63, 3.8) is 0 Å². The number of fused-ring (bicyclic) bond motifs is 2. The first-order chi connectivity index (χ1) is 16.7. The molecule has 0 spiro atoms. The van der Waals surface area contributed by atoms with Crippen molar-refractivity contribution in [2.24, 2.45) is 0 Å². The van der Waals surface area contributed by atoms with E-state index >= 15 is 0 Å². The second kappa shape index (κ2) is 8.95. The summed E-state index contributed by atoms with van der Waals surface area (Å²) in [5, 5.41) is 4.16. The summed E-state index contributed by atoms with van der Waals surface area (Å²) < 4.78 is 20.7. The highest BCUT2D eigenvalue weighted by Gasteiger charge is 2.46. The average Bonchev–Trinajstić information content (AvgIpc) is 3.36. The number of carbonyl (C=O) groups excluding carboxylic acids is 2. The van der Waals surface area contributed by atoms with Crippen LogP contribution in [0.25, 0.3) is 11.0 Å². The molecule has 0 atom stereocenters. The van der Waals surface area contributed by atoms with Gasteiger partial charge >= 0.3 is 0 Å². The molecule has 0 saturated heterocycles. The number of nitrogens with one attached hydrogen (secondary N) is 1. The standard InChI is InChI=1S/C27H21ClFIN2O3/c1-27(2)24-21(30)11-17(25(33)31-13-15-6-7-23-16(10-15)8-9-35-23)12-22(24)32(26(27)34)14-18-19(28)4-3-5-20(18)29/h3-12H,13-14H2,1-2H3,(H,31,33). The highest BCUT2D eigenvalue weighted by atomic mass is 127. The van der Waals surface area contributed by atoms with Gasteiger partial charge in [-0.25, -0.2) is 4.39 Å². The fraction of sp³-hybridized carbons (Fsp3) is 0.185. The Hall–Kier alpha value is -2.91. The second-order valence-electron chi connectivity index (χ2n) is 9.04. The molecule has 35 heavy (non-hydrogen) atoms. The average molecular weight is 603 g/mol. The van der Waals surface area contributed by atoms with Crippen molar-refractivity contribution in [3.8, 4) is 0 Å². The first kappa shape index (κ1) is 23.8. The molecule has 4 aromatic rings. The van der Waals surface area contributed by atoms with E-state index in [0.717, 1.165) is 25.7 Å². The third-order valence-electron chi connectivity index (χ3n) is 6.38. The molecular formula is C27H21ClFIN2O3. The summed E-state index contributed by atoms with van der Waals surface area (Å²) in [4.78, 5) is 28.0. The normalized spacial score (nSPS) is 14.4. The number of hydrogen-bond acceptors (Lipinski definition) is 3. The van der Waals surface area contributed by atoms with Crippen LogP contribution in [0.1, 0.15) is 40.9 Å². The lowest BCUT2D eigenvalue weighted by Gasteiger charge is -2.21. The van der Waals surface area contributed by atoms with Gasteiger partial charge in [0.15, 0.2) is 0 Å². The first-order valence-electron chi connectivity index (χ1n) is 11.0. The monoisotopic (exact) mass is 602 g/mol. The van der Waals surface area contributed by atoms with Crippen LogP contribution < -0.4 is 10.2 Å². The van der Waals surface area contributed by atoms with E-state index in [0.29, 0.717) is 17.8 Å². The maximum Gasteiger partial charge on any atom is 0.251 e. The number of furan rings is 1. The maximum atomic E-state index is 14.5. The minimum atomic E-state index is -0.821. The van der Waals surface area contributed by atoms with Crippen molar-refractivity contribution in [2.45, 2.75) is 32.4 Å². The summed E-state index contributed by atoms with van der Waals surface area (Å²) >= 11 is 8.40. The molecule has 178 valence electrons. The molecule has 2 heterocycles. The molecular weight excluding hydrogens is 582 g/mol. The molecule has 1 N–H and O–H groups in total. The van der Waals surface area contributed by atoms with Crippen molar-refractivity contribution >= 4 is 62.7 Å². The summed E-state index contributed by atoms with van der Waals surface area (Å²) in [6.07, 6.45) is 1.63. The third kappa shape index (κ3) is 4.21. The van der Waals surface area contributed by atoms with Crippen LogP contribution in [0.2, 0.25) is 5.02 Å². The highest BCUT2D eigenvalue weighted by Crippen LogP contribution is 2.45. The largest absolute Gasteiger partial charge is 0.464 e. The Morgan fingerprint density at radius 2 is 1.97 bits per heavy atom. The zero-order valence-corrected chi connectivity index (χ0v) is 21.9. The van der Waals surface area contributed by atoms with Crippen molar-refractivity contribution in [1.29, 1.82) is 0 Å². The number of rotatable bonds is 5. The van der Waals surface area contributed by atoms with E-state index in [9.17, 15) is 14.0 Å². The van der Waals surface area contributed by atoms with E-state index in [1.807, 2.05) is 38.1 Å². The molecule has 3 aromatic carbocycles. The van der Waals surface area contributed by atoms with E-state index in [2.05, 4.69) is 27.9 Å². The lowest BCUT2D eigenvalue weighted by Crippen LogP contribution is -2.36. The third-order valence-corrected chi connectivity index (χ3v) is 7.58. The molecule has 0 radical (unpaired) electrons. The van der Waals surface area contributed by atoms with Crippen LogP contribution in [0.3, 0.4) is 0 Å². The van der Waals surface area contributed by atoms with E-state index in [1.165, 1.54) is 17.0 Å². The minimum Gasteiger partial charge on any atom is -0.464 e. The molecule has 0 bridgehead atoms. The van der Waals surface area contributed by atoms with Crippen LogP contribution in [-0.4, -0.2) is 11.8 Å². The Labute approximate surface area is 220 Å². The van der Waals surface area contributed by atoms with Gasteiger partial charge in [-0.05, 0) is 84.5 Å². The molecule has 0 fully saturated rings. The number of benzene rings is 3. The Balaban J connectivity index is 1.45. The topological polar surface area (TPSA) is 62.6 Å². The lowest BCUT2D eigenvalue weighted by atomic mass is 9.86. The summed E-state index contributed by atoms with van der Waals surface area (Å²) in [6.45, 7) is 4.00. The van der Waals surface area contributed by atoms with Gasteiger partial charge in [0, 0.05) is 37.2 Å². The quantitative estimate of drug-likeness (QED) is 0.263. The molecule has 1 aliphatic rings. The van der Waals surface area contributed by atoms with E-state index < -0.39 is 11.2 Å². The zero-order valence-electron chi connectivity index (χ0n) is 19.0. The molecule has 8 heteroatoms. The van der Waals surface area contributed by atoms with Gasteiger partial charge in [-0.15, -0.1) is 0 Å². The number of hydrogen-bond donors (Lipinski definition) is 1. The number of amides is 2. The Morgan fingerprint density at radius 1 is 1.17 bits per heavy atom. The van der Waals surface area contributed by atoms with Crippen LogP contribution in [-0.2, 0) is 23.3 Å². The zero-order chi connectivity index (χ0) is 24.9. The van der Waals surface area contributed by atoms with Gasteiger partial charge in [-0.2, -0.15) is 0 Å². The molecule has 1 aromatic heterocycles. The Morgan fingerprint density at radius 3 is 2.74 bits per heavy atom. The predicted molar refractivity (Wildman–Crippen MR) is 142 cm³/mol. The van der Waals surface area contributed by atoms with Crippen LogP contribution in [0.5, 0.6) is 0 Å². The van der Waals surface area contributed by atoms with Crippen molar-refractivity contribution in [2.75, 3.05) is 4.90 Å². The second-order valence-corrected chi connectivity index (χ2v) is 10.6. The van der Waals surface area contributed by atoms with Crippen molar-refractivity contribution in [1.82, 2.24) is 5.32 Å². The van der Waals surface area contributed by atoms with Crippen LogP contribution in [0.15, 0.2) is 65.3 Å². The number of carbonyl (C=O) groups is 2. The molecule has 5 rings (SSSR count). The molecule has 0 unspecified atom stereocenters. The van der Waals surface area contributed by atoms with Gasteiger partial charge < -0.3 is 14.6 Å². The van der Waals surface area contributed by atoms with E-state index in [1.54, 1.807) is 24.5 Å². The fourth-order valence-corrected chi connectivity index (χ4v) is 6.03. The summed E-state index contributed by atoms with van der Waals surface area (Å²) in [7, 11) is 0. The van der Waals surface area contributed by atoms with Gasteiger partial charge in [0.05, 0.1) is 23.9 Å². The van der Waals surface area contributed by atoms with Crippen LogP contribution in [0, 0.1) is 9.39 Å². The Bertz CT molecular complexity index is 1480. The van der Waals surface area contributed by atoms with Gasteiger partial charge in [0.25, 0.3) is 5.91 Å². The molecule has 2 amide bonds. The number of anilines is 1. The SMILES string of the molecule is CC1(C)C(=O)N(Cc2c(F)cccc2Cl)c2cc(C(=O)NCc3ccc4occc4c3)cc(I)c21. The van der Waals surface area contributed by atoms with Gasteiger partial charge in [0.1, 0.15) is 11.4 Å². The Kier molecular flexibility index (Phi) is 6.09. The number of nitrogens with zero attached hydrogens (tertiary/aromatic N) is 1. The molecule has 0 aliphatic carbocycles. The first-order valence-corrected chi connectivity index (χ1v) is 12.5. The highest BCUT2D eigenvalue weighted by molar-refractivity contribution is 14.1. The van der Waals surface area contributed by atoms with Gasteiger partial charge in [-0.3, -0.25) is 9.59 Å². The number of halogens is 3. The van der Waals surface area contributed by atoms with Crippen LogP contribution in [0.4, 0.5) is 10.1 Å². The van der Waals surface area contributed by atoms with Crippen molar-refractivity contribution < 1.29 is 18.4 Å². The van der Waals surface area contributed by atoms with Crippen molar-refractivity contribution in [3.05, 3.63) is 97.5 Å². The van der Waals surface area contributed by atoms with Crippen LogP contribution >= 0.6 is 34.2 Å². The predicted octanol–water partition coefficient (Wildman–Crippen LogP) is 6.58. The smallest absolute Gasteiger partial charge is 0.251 e. The van der Waals surface area contributed by atoms with Gasteiger partial charge in [0.2, 0.25) is 5.91 Å². The summed E-state index contributed by atoms with van der Waals surface area (Å²) in [5.74, 6) is -0.913. The summed E-state index contributed by atoms with van der Waals surface area (Å²) in [5.41, 5.74) is 2.98. The minimum absolute atomic E-state index is 0.0212. The fourth-order valence-electron chi connectivity index (χ4n) is 4.52.